The number of likely N-dealkylation sites (N-methyl/N-ethyl adjacent to an activating group) is 1. The standard InChI is InChI=1S/C14H19N5O/c1-10-6-11(2)19(18-10)13-5-4-12(7-16-13)8-17-14(20)9-15-3/h4-7,15H,8-9H2,1-3H3,(H,17,20). The zero-order valence-electron chi connectivity index (χ0n) is 12.0. The lowest BCUT2D eigenvalue weighted by Gasteiger charge is -2.06. The van der Waals surface area contributed by atoms with Gasteiger partial charge in [-0.1, -0.05) is 6.07 Å². The smallest absolute Gasteiger partial charge is 0.234 e. The number of amides is 1. The molecule has 0 atom stereocenters. The summed E-state index contributed by atoms with van der Waals surface area (Å²) in [6.45, 7) is 4.74. The average molecular weight is 273 g/mol. The zero-order chi connectivity index (χ0) is 14.5. The van der Waals surface area contributed by atoms with Crippen LogP contribution in [0.5, 0.6) is 0 Å². The Balaban J connectivity index is 2.03. The van der Waals surface area contributed by atoms with Crippen LogP contribution in [-0.4, -0.2) is 34.3 Å². The Labute approximate surface area is 118 Å². The number of aryl methyl sites for hydroxylation is 2. The van der Waals surface area contributed by atoms with Crippen molar-refractivity contribution in [2.75, 3.05) is 13.6 Å². The summed E-state index contributed by atoms with van der Waals surface area (Å²) >= 11 is 0. The van der Waals surface area contributed by atoms with Gasteiger partial charge in [0.15, 0.2) is 5.82 Å². The monoisotopic (exact) mass is 273 g/mol. The van der Waals surface area contributed by atoms with Crippen LogP contribution in [0.3, 0.4) is 0 Å². The molecule has 0 fully saturated rings. The van der Waals surface area contributed by atoms with Crippen molar-refractivity contribution in [1.82, 2.24) is 25.4 Å². The van der Waals surface area contributed by atoms with E-state index in [0.717, 1.165) is 22.8 Å². The van der Waals surface area contributed by atoms with Crippen LogP contribution in [0.25, 0.3) is 5.82 Å². The number of aromatic nitrogens is 3. The lowest BCUT2D eigenvalue weighted by atomic mass is 10.3. The van der Waals surface area contributed by atoms with E-state index in [1.165, 1.54) is 0 Å². The van der Waals surface area contributed by atoms with E-state index in [2.05, 4.69) is 20.7 Å². The highest BCUT2D eigenvalue weighted by Crippen LogP contribution is 2.10. The molecule has 2 N–H and O–H groups in total. The minimum absolute atomic E-state index is 0.0323. The van der Waals surface area contributed by atoms with Gasteiger partial charge in [0.1, 0.15) is 0 Å². The predicted molar refractivity (Wildman–Crippen MR) is 76.6 cm³/mol. The molecule has 6 heteroatoms. The van der Waals surface area contributed by atoms with Gasteiger partial charge in [-0.05, 0) is 38.6 Å². The Morgan fingerprint density at radius 2 is 2.15 bits per heavy atom. The highest BCUT2D eigenvalue weighted by molar-refractivity contribution is 5.77. The van der Waals surface area contributed by atoms with Crippen molar-refractivity contribution in [2.45, 2.75) is 20.4 Å². The SMILES string of the molecule is CNCC(=O)NCc1ccc(-n2nc(C)cc2C)nc1. The Morgan fingerprint density at radius 3 is 2.70 bits per heavy atom. The summed E-state index contributed by atoms with van der Waals surface area (Å²) in [6, 6.07) is 5.85. The molecule has 0 aliphatic rings. The summed E-state index contributed by atoms with van der Waals surface area (Å²) in [5, 5.41) is 10.00. The fourth-order valence-corrected chi connectivity index (χ4v) is 1.93. The molecule has 0 unspecified atom stereocenters. The maximum absolute atomic E-state index is 11.3. The zero-order valence-corrected chi connectivity index (χ0v) is 12.0. The van der Waals surface area contributed by atoms with Gasteiger partial charge < -0.3 is 10.6 Å². The third-order valence-electron chi connectivity index (χ3n) is 2.86. The van der Waals surface area contributed by atoms with Crippen LogP contribution in [-0.2, 0) is 11.3 Å². The molecular formula is C14H19N5O. The van der Waals surface area contributed by atoms with Crippen molar-refractivity contribution < 1.29 is 4.79 Å². The van der Waals surface area contributed by atoms with Gasteiger partial charge in [-0.25, -0.2) is 9.67 Å². The number of carbonyl (C=O) groups is 1. The number of pyridine rings is 1. The van der Waals surface area contributed by atoms with Crippen molar-refractivity contribution in [3.8, 4) is 5.82 Å². The Morgan fingerprint density at radius 1 is 1.35 bits per heavy atom. The molecule has 0 radical (unpaired) electrons. The maximum atomic E-state index is 11.3. The minimum atomic E-state index is -0.0323. The second kappa shape index (κ2) is 6.29. The quantitative estimate of drug-likeness (QED) is 0.842. The molecule has 2 heterocycles. The second-order valence-corrected chi connectivity index (χ2v) is 4.67. The number of carbonyl (C=O) groups excluding carboxylic acids is 1. The summed E-state index contributed by atoms with van der Waals surface area (Å²) in [7, 11) is 1.74. The molecule has 2 aromatic heterocycles. The van der Waals surface area contributed by atoms with Crippen molar-refractivity contribution in [3.05, 3.63) is 41.3 Å². The summed E-state index contributed by atoms with van der Waals surface area (Å²) < 4.78 is 1.80. The van der Waals surface area contributed by atoms with E-state index in [1.54, 1.807) is 17.9 Å². The molecule has 0 aliphatic heterocycles. The third kappa shape index (κ3) is 3.42. The van der Waals surface area contributed by atoms with E-state index in [9.17, 15) is 4.79 Å². The van der Waals surface area contributed by atoms with Crippen molar-refractivity contribution in [1.29, 1.82) is 0 Å². The second-order valence-electron chi connectivity index (χ2n) is 4.67. The fourth-order valence-electron chi connectivity index (χ4n) is 1.93. The lowest BCUT2D eigenvalue weighted by molar-refractivity contribution is -0.120. The molecule has 0 spiro atoms. The number of nitrogens with one attached hydrogen (secondary N) is 2. The molecular weight excluding hydrogens is 254 g/mol. The fraction of sp³-hybridized carbons (Fsp3) is 0.357. The topological polar surface area (TPSA) is 71.8 Å². The summed E-state index contributed by atoms with van der Waals surface area (Å²) in [5.41, 5.74) is 2.97. The van der Waals surface area contributed by atoms with Crippen LogP contribution in [0.15, 0.2) is 24.4 Å². The maximum Gasteiger partial charge on any atom is 0.234 e. The van der Waals surface area contributed by atoms with Crippen LogP contribution in [0.2, 0.25) is 0 Å². The predicted octanol–water partition coefficient (Wildman–Crippen LogP) is 0.720. The highest BCUT2D eigenvalue weighted by Gasteiger charge is 2.05. The molecule has 1 amide bonds. The van der Waals surface area contributed by atoms with E-state index in [0.29, 0.717) is 13.1 Å². The largest absolute Gasteiger partial charge is 0.351 e. The molecule has 0 aliphatic carbocycles. The molecule has 6 nitrogen and oxygen atoms in total. The van der Waals surface area contributed by atoms with Gasteiger partial charge in [-0.15, -0.1) is 0 Å². The summed E-state index contributed by atoms with van der Waals surface area (Å²) in [5.74, 6) is 0.746. The first-order chi connectivity index (χ1) is 9.60. The Hall–Kier alpha value is -2.21. The van der Waals surface area contributed by atoms with Crippen molar-refractivity contribution in [2.24, 2.45) is 0 Å². The first kappa shape index (κ1) is 14.2. The van der Waals surface area contributed by atoms with Gasteiger partial charge >= 0.3 is 0 Å². The average Bonchev–Trinajstić information content (AvgIpc) is 2.76. The summed E-state index contributed by atoms with van der Waals surface area (Å²) in [6.07, 6.45) is 1.76. The Bertz CT molecular complexity index is 588. The van der Waals surface area contributed by atoms with Gasteiger partial charge in [0.2, 0.25) is 5.91 Å². The van der Waals surface area contributed by atoms with E-state index in [4.69, 9.17) is 0 Å². The van der Waals surface area contributed by atoms with Crippen LogP contribution < -0.4 is 10.6 Å². The van der Waals surface area contributed by atoms with Gasteiger partial charge in [-0.3, -0.25) is 4.79 Å². The third-order valence-corrected chi connectivity index (χ3v) is 2.86. The molecule has 106 valence electrons. The molecule has 0 saturated carbocycles. The highest BCUT2D eigenvalue weighted by atomic mass is 16.1. The van der Waals surface area contributed by atoms with Crippen molar-refractivity contribution in [3.63, 3.8) is 0 Å². The van der Waals surface area contributed by atoms with E-state index in [1.807, 2.05) is 32.0 Å². The van der Waals surface area contributed by atoms with Gasteiger partial charge in [0.05, 0.1) is 12.2 Å². The van der Waals surface area contributed by atoms with E-state index >= 15 is 0 Å². The number of nitrogens with zero attached hydrogens (tertiary/aromatic N) is 3. The summed E-state index contributed by atoms with van der Waals surface area (Å²) in [4.78, 5) is 15.7. The molecule has 0 aromatic carbocycles. The Kier molecular flexibility index (Phi) is 4.47. The molecule has 0 saturated heterocycles. The number of hydrogen-bond acceptors (Lipinski definition) is 4. The van der Waals surface area contributed by atoms with Crippen LogP contribution >= 0.6 is 0 Å². The van der Waals surface area contributed by atoms with Crippen LogP contribution in [0, 0.1) is 13.8 Å². The lowest BCUT2D eigenvalue weighted by Crippen LogP contribution is -2.31. The number of hydrogen-bond donors (Lipinski definition) is 2. The minimum Gasteiger partial charge on any atom is -0.351 e. The van der Waals surface area contributed by atoms with Crippen molar-refractivity contribution >= 4 is 5.91 Å². The van der Waals surface area contributed by atoms with Gasteiger partial charge in [-0.2, -0.15) is 5.10 Å². The molecule has 0 bridgehead atoms. The van der Waals surface area contributed by atoms with Crippen LogP contribution in [0.1, 0.15) is 17.0 Å². The normalized spacial score (nSPS) is 10.6. The first-order valence-electron chi connectivity index (χ1n) is 6.50. The van der Waals surface area contributed by atoms with E-state index < -0.39 is 0 Å². The first-order valence-corrected chi connectivity index (χ1v) is 6.50. The molecule has 2 aromatic rings. The van der Waals surface area contributed by atoms with Crippen LogP contribution in [0.4, 0.5) is 0 Å². The van der Waals surface area contributed by atoms with Gasteiger partial charge in [0, 0.05) is 18.4 Å². The van der Waals surface area contributed by atoms with Gasteiger partial charge in [0.25, 0.3) is 0 Å². The number of rotatable bonds is 5. The molecule has 2 rings (SSSR count). The van der Waals surface area contributed by atoms with E-state index in [-0.39, 0.29) is 5.91 Å². The molecule has 20 heavy (non-hydrogen) atoms.